The summed E-state index contributed by atoms with van der Waals surface area (Å²) in [6, 6.07) is 0. The molecule has 2 rings (SSSR count). The third-order valence-electron chi connectivity index (χ3n) is 4.59. The van der Waals surface area contributed by atoms with Gasteiger partial charge in [-0.05, 0) is 32.7 Å². The molecule has 0 amide bonds. The van der Waals surface area contributed by atoms with Gasteiger partial charge in [0.25, 0.3) is 0 Å². The minimum atomic E-state index is -0.490. The van der Waals surface area contributed by atoms with E-state index in [1.165, 1.54) is 0 Å². The van der Waals surface area contributed by atoms with E-state index in [1.54, 1.807) is 0 Å². The largest absolute Gasteiger partial charge is 0.396 e. The van der Waals surface area contributed by atoms with Gasteiger partial charge in [-0.3, -0.25) is 0 Å². The fourth-order valence-corrected chi connectivity index (χ4v) is 3.49. The van der Waals surface area contributed by atoms with Crippen LogP contribution in [0.25, 0.3) is 0 Å². The average molecular weight is 257 g/mol. The second-order valence-electron chi connectivity index (χ2n) is 6.37. The molecule has 1 aliphatic carbocycles. The van der Waals surface area contributed by atoms with Gasteiger partial charge in [0.1, 0.15) is 0 Å². The molecule has 1 aliphatic heterocycles. The standard InChI is InChI=1S/C14H27NO3/c1-15(11-14(17)4-2-3-5-14)10-13(12-16)6-8-18-9-7-13/h16-17H,2-12H2,1H3. The molecule has 0 spiro atoms. The third kappa shape index (κ3) is 3.44. The molecule has 0 atom stereocenters. The summed E-state index contributed by atoms with van der Waals surface area (Å²) in [5, 5.41) is 20.1. The predicted octanol–water partition coefficient (Wildman–Crippen LogP) is 1.01. The van der Waals surface area contributed by atoms with Crippen molar-refractivity contribution in [2.75, 3.05) is 40.0 Å². The van der Waals surface area contributed by atoms with Crippen LogP contribution in [0.5, 0.6) is 0 Å². The Labute approximate surface area is 110 Å². The lowest BCUT2D eigenvalue weighted by Crippen LogP contribution is -2.47. The predicted molar refractivity (Wildman–Crippen MR) is 70.5 cm³/mol. The molecule has 0 aromatic heterocycles. The van der Waals surface area contributed by atoms with E-state index in [0.717, 1.165) is 64.8 Å². The van der Waals surface area contributed by atoms with Crippen molar-refractivity contribution in [3.8, 4) is 0 Å². The van der Waals surface area contributed by atoms with Crippen LogP contribution in [0.1, 0.15) is 38.5 Å². The molecule has 2 N–H and O–H groups in total. The summed E-state index contributed by atoms with van der Waals surface area (Å²) in [7, 11) is 2.06. The highest BCUT2D eigenvalue weighted by Crippen LogP contribution is 2.33. The Morgan fingerprint density at radius 3 is 2.22 bits per heavy atom. The fourth-order valence-electron chi connectivity index (χ4n) is 3.49. The molecule has 1 saturated heterocycles. The smallest absolute Gasteiger partial charge is 0.0774 e. The highest BCUT2D eigenvalue weighted by molar-refractivity contribution is 4.90. The van der Waals surface area contributed by atoms with Gasteiger partial charge < -0.3 is 19.8 Å². The Morgan fingerprint density at radius 1 is 1.06 bits per heavy atom. The van der Waals surface area contributed by atoms with Crippen molar-refractivity contribution in [3.05, 3.63) is 0 Å². The summed E-state index contributed by atoms with van der Waals surface area (Å²) in [6.45, 7) is 3.31. The monoisotopic (exact) mass is 257 g/mol. The van der Waals surface area contributed by atoms with E-state index < -0.39 is 5.60 Å². The van der Waals surface area contributed by atoms with E-state index in [-0.39, 0.29) is 12.0 Å². The molecular formula is C14H27NO3. The maximum Gasteiger partial charge on any atom is 0.0774 e. The summed E-state index contributed by atoms with van der Waals surface area (Å²) < 4.78 is 5.38. The first-order chi connectivity index (χ1) is 8.58. The Hall–Kier alpha value is -0.160. The van der Waals surface area contributed by atoms with Crippen molar-refractivity contribution in [3.63, 3.8) is 0 Å². The van der Waals surface area contributed by atoms with Gasteiger partial charge in [-0.15, -0.1) is 0 Å². The maximum atomic E-state index is 10.4. The van der Waals surface area contributed by atoms with E-state index in [9.17, 15) is 10.2 Å². The highest BCUT2D eigenvalue weighted by atomic mass is 16.5. The molecule has 0 unspecified atom stereocenters. The van der Waals surface area contributed by atoms with Crippen LogP contribution in [0.3, 0.4) is 0 Å². The van der Waals surface area contributed by atoms with E-state index in [1.807, 2.05) is 0 Å². The topological polar surface area (TPSA) is 52.9 Å². The highest BCUT2D eigenvalue weighted by Gasteiger charge is 2.37. The average Bonchev–Trinajstić information content (AvgIpc) is 2.76. The molecule has 106 valence electrons. The number of likely N-dealkylation sites (N-methyl/N-ethyl adjacent to an activating group) is 1. The molecule has 0 bridgehead atoms. The van der Waals surface area contributed by atoms with Gasteiger partial charge in [-0.25, -0.2) is 0 Å². The summed E-state index contributed by atoms with van der Waals surface area (Å²) in [4.78, 5) is 2.20. The Kier molecular flexibility index (Phi) is 4.64. The lowest BCUT2D eigenvalue weighted by molar-refractivity contribution is -0.0469. The molecule has 1 saturated carbocycles. The molecule has 1 heterocycles. The Balaban J connectivity index is 1.86. The number of hydrogen-bond donors (Lipinski definition) is 2. The molecule has 18 heavy (non-hydrogen) atoms. The van der Waals surface area contributed by atoms with Crippen LogP contribution in [-0.4, -0.2) is 60.7 Å². The van der Waals surface area contributed by atoms with Crippen molar-refractivity contribution in [2.45, 2.75) is 44.1 Å². The van der Waals surface area contributed by atoms with Crippen LogP contribution in [0.15, 0.2) is 0 Å². The number of ether oxygens (including phenoxy) is 1. The molecule has 4 heteroatoms. The quantitative estimate of drug-likeness (QED) is 0.772. The minimum Gasteiger partial charge on any atom is -0.396 e. The van der Waals surface area contributed by atoms with Crippen LogP contribution < -0.4 is 0 Å². The molecule has 2 fully saturated rings. The summed E-state index contributed by atoms with van der Waals surface area (Å²) in [6.07, 6.45) is 5.98. The summed E-state index contributed by atoms with van der Waals surface area (Å²) >= 11 is 0. The van der Waals surface area contributed by atoms with Crippen LogP contribution in [0.4, 0.5) is 0 Å². The van der Waals surface area contributed by atoms with Crippen LogP contribution in [0.2, 0.25) is 0 Å². The zero-order chi connectivity index (χ0) is 13.1. The number of aliphatic hydroxyl groups is 2. The van der Waals surface area contributed by atoms with E-state index >= 15 is 0 Å². The van der Waals surface area contributed by atoms with Crippen LogP contribution in [-0.2, 0) is 4.74 Å². The van der Waals surface area contributed by atoms with Crippen molar-refractivity contribution < 1.29 is 14.9 Å². The normalized spacial score (nSPS) is 26.7. The van der Waals surface area contributed by atoms with Crippen molar-refractivity contribution >= 4 is 0 Å². The van der Waals surface area contributed by atoms with Crippen molar-refractivity contribution in [1.82, 2.24) is 4.90 Å². The number of hydrogen-bond acceptors (Lipinski definition) is 4. The zero-order valence-corrected chi connectivity index (χ0v) is 11.5. The second kappa shape index (κ2) is 5.87. The molecule has 0 radical (unpaired) electrons. The van der Waals surface area contributed by atoms with Gasteiger partial charge in [-0.1, -0.05) is 12.8 Å². The molecular weight excluding hydrogens is 230 g/mol. The van der Waals surface area contributed by atoms with Gasteiger partial charge >= 0.3 is 0 Å². The van der Waals surface area contributed by atoms with E-state index in [2.05, 4.69) is 11.9 Å². The molecule has 0 aromatic carbocycles. The Morgan fingerprint density at radius 2 is 1.67 bits per heavy atom. The lowest BCUT2D eigenvalue weighted by Gasteiger charge is -2.40. The van der Waals surface area contributed by atoms with E-state index in [4.69, 9.17) is 4.74 Å². The number of rotatable bonds is 5. The van der Waals surface area contributed by atoms with Gasteiger partial charge in [-0.2, -0.15) is 0 Å². The van der Waals surface area contributed by atoms with Crippen LogP contribution in [0, 0.1) is 5.41 Å². The SMILES string of the molecule is CN(CC1(O)CCCC1)CC1(CO)CCOCC1. The first kappa shape index (κ1) is 14.3. The third-order valence-corrected chi connectivity index (χ3v) is 4.59. The summed E-state index contributed by atoms with van der Waals surface area (Å²) in [5.41, 5.74) is -0.515. The van der Waals surface area contributed by atoms with Crippen molar-refractivity contribution in [1.29, 1.82) is 0 Å². The second-order valence-corrected chi connectivity index (χ2v) is 6.37. The van der Waals surface area contributed by atoms with E-state index in [0.29, 0.717) is 0 Å². The molecule has 0 aromatic rings. The first-order valence-corrected chi connectivity index (χ1v) is 7.17. The van der Waals surface area contributed by atoms with Gasteiger partial charge in [0, 0.05) is 31.7 Å². The maximum absolute atomic E-state index is 10.4. The van der Waals surface area contributed by atoms with Crippen LogP contribution >= 0.6 is 0 Å². The zero-order valence-electron chi connectivity index (χ0n) is 11.5. The molecule has 4 nitrogen and oxygen atoms in total. The molecule has 2 aliphatic rings. The lowest BCUT2D eigenvalue weighted by atomic mass is 9.80. The number of nitrogens with zero attached hydrogens (tertiary/aromatic N) is 1. The van der Waals surface area contributed by atoms with Gasteiger partial charge in [0.2, 0.25) is 0 Å². The minimum absolute atomic E-state index is 0.0258. The first-order valence-electron chi connectivity index (χ1n) is 7.17. The van der Waals surface area contributed by atoms with Crippen molar-refractivity contribution in [2.24, 2.45) is 5.41 Å². The number of aliphatic hydroxyl groups excluding tert-OH is 1. The Bertz CT molecular complexity index is 258. The summed E-state index contributed by atoms with van der Waals surface area (Å²) in [5.74, 6) is 0. The fraction of sp³-hybridized carbons (Fsp3) is 1.00. The van der Waals surface area contributed by atoms with Gasteiger partial charge in [0.15, 0.2) is 0 Å². The van der Waals surface area contributed by atoms with Gasteiger partial charge in [0.05, 0.1) is 12.2 Å².